The molecule has 1 aliphatic rings. The Bertz CT molecular complexity index is 1030. The molecule has 0 spiro atoms. The minimum atomic E-state index is 0.0708. The summed E-state index contributed by atoms with van der Waals surface area (Å²) in [6, 6.07) is 17.2. The number of rotatable bonds is 6. The van der Waals surface area contributed by atoms with Gasteiger partial charge in [-0.1, -0.05) is 36.4 Å². The van der Waals surface area contributed by atoms with Crippen molar-refractivity contribution in [1.29, 1.82) is 0 Å². The number of aryl methyl sites for hydroxylation is 2. The monoisotopic (exact) mass is 376 g/mol. The highest BCUT2D eigenvalue weighted by Crippen LogP contribution is 2.18. The molecule has 5 heteroatoms. The zero-order valence-electron chi connectivity index (χ0n) is 16.7. The van der Waals surface area contributed by atoms with Gasteiger partial charge in [0.15, 0.2) is 0 Å². The minimum Gasteiger partial charge on any atom is -0.297 e. The first kappa shape index (κ1) is 18.7. The summed E-state index contributed by atoms with van der Waals surface area (Å²) in [6.07, 6.45) is 3.07. The Labute approximate surface area is 165 Å². The van der Waals surface area contributed by atoms with Crippen LogP contribution in [0.15, 0.2) is 58.3 Å². The number of benzene rings is 2. The van der Waals surface area contributed by atoms with E-state index in [1.165, 1.54) is 5.56 Å². The van der Waals surface area contributed by atoms with Gasteiger partial charge in [0.2, 0.25) is 0 Å². The number of likely N-dealkylation sites (tertiary alicyclic amines) is 1. The normalized spacial score (nSPS) is 17.9. The molecule has 1 aromatic heterocycles. The SMILES string of the molecule is CCn1c(=O)n(CC)c2cc(C=NC3CCN(Cc4ccccc4)C3)ccc21. The lowest BCUT2D eigenvalue weighted by atomic mass is 10.2. The maximum atomic E-state index is 12.5. The molecule has 28 heavy (non-hydrogen) atoms. The lowest BCUT2D eigenvalue weighted by Crippen LogP contribution is -2.23. The molecule has 1 aliphatic heterocycles. The van der Waals surface area contributed by atoms with Gasteiger partial charge in [0.25, 0.3) is 0 Å². The average Bonchev–Trinajstić information content (AvgIpc) is 3.27. The summed E-state index contributed by atoms with van der Waals surface area (Å²) in [4.78, 5) is 19.8. The highest BCUT2D eigenvalue weighted by Gasteiger charge is 2.21. The lowest BCUT2D eigenvalue weighted by molar-refractivity contribution is 0.327. The first-order chi connectivity index (χ1) is 13.7. The van der Waals surface area contributed by atoms with Gasteiger partial charge < -0.3 is 0 Å². The van der Waals surface area contributed by atoms with E-state index in [2.05, 4.69) is 47.4 Å². The second-order valence-electron chi connectivity index (χ2n) is 7.46. The van der Waals surface area contributed by atoms with Crippen molar-refractivity contribution in [3.63, 3.8) is 0 Å². The van der Waals surface area contributed by atoms with Crippen molar-refractivity contribution in [2.45, 2.75) is 45.9 Å². The van der Waals surface area contributed by atoms with E-state index in [4.69, 9.17) is 4.99 Å². The summed E-state index contributed by atoms with van der Waals surface area (Å²) in [5.74, 6) is 0. The van der Waals surface area contributed by atoms with Gasteiger partial charge in [0, 0.05) is 38.9 Å². The Kier molecular flexibility index (Phi) is 5.44. The molecular weight excluding hydrogens is 348 g/mol. The van der Waals surface area contributed by atoms with E-state index in [-0.39, 0.29) is 5.69 Å². The van der Waals surface area contributed by atoms with E-state index in [1.54, 1.807) is 0 Å². The van der Waals surface area contributed by atoms with Gasteiger partial charge in [0.05, 0.1) is 17.1 Å². The molecule has 3 aromatic rings. The topological polar surface area (TPSA) is 42.5 Å². The number of imidazole rings is 1. The molecule has 1 fully saturated rings. The van der Waals surface area contributed by atoms with Crippen LogP contribution in [0.5, 0.6) is 0 Å². The third-order valence-electron chi connectivity index (χ3n) is 5.61. The van der Waals surface area contributed by atoms with Gasteiger partial charge in [-0.15, -0.1) is 0 Å². The predicted octanol–water partition coefficient (Wildman–Crippen LogP) is 3.54. The Hall–Kier alpha value is -2.66. The van der Waals surface area contributed by atoms with E-state index < -0.39 is 0 Å². The Morgan fingerprint density at radius 2 is 1.79 bits per heavy atom. The van der Waals surface area contributed by atoms with E-state index in [0.29, 0.717) is 19.1 Å². The summed E-state index contributed by atoms with van der Waals surface area (Å²) in [7, 11) is 0. The molecule has 0 radical (unpaired) electrons. The molecule has 0 amide bonds. The van der Waals surface area contributed by atoms with Gasteiger partial charge in [-0.3, -0.25) is 19.0 Å². The van der Waals surface area contributed by atoms with Crippen molar-refractivity contribution in [1.82, 2.24) is 14.0 Å². The third kappa shape index (κ3) is 3.67. The van der Waals surface area contributed by atoms with E-state index >= 15 is 0 Å². The molecule has 1 atom stereocenters. The molecule has 0 saturated carbocycles. The summed E-state index contributed by atoms with van der Waals surface area (Å²) < 4.78 is 3.67. The quantitative estimate of drug-likeness (QED) is 0.618. The molecular formula is C23H28N4O. The molecule has 1 unspecified atom stereocenters. The molecule has 0 N–H and O–H groups in total. The summed E-state index contributed by atoms with van der Waals surface area (Å²) in [5, 5.41) is 0. The minimum absolute atomic E-state index is 0.0708. The largest absolute Gasteiger partial charge is 0.329 e. The zero-order chi connectivity index (χ0) is 19.5. The molecule has 2 aromatic carbocycles. The van der Waals surface area contributed by atoms with Crippen LogP contribution in [-0.2, 0) is 19.6 Å². The highest BCUT2D eigenvalue weighted by molar-refractivity contribution is 5.87. The Morgan fingerprint density at radius 3 is 2.54 bits per heavy atom. The van der Waals surface area contributed by atoms with Crippen LogP contribution in [0.3, 0.4) is 0 Å². The van der Waals surface area contributed by atoms with Crippen molar-refractivity contribution in [2.75, 3.05) is 13.1 Å². The van der Waals surface area contributed by atoms with Crippen LogP contribution in [0.4, 0.5) is 0 Å². The second-order valence-corrected chi connectivity index (χ2v) is 7.46. The average molecular weight is 377 g/mol. The van der Waals surface area contributed by atoms with Crippen LogP contribution >= 0.6 is 0 Å². The standard InChI is InChI=1S/C23H28N4O/c1-3-26-21-11-10-19(14-22(21)27(4-2)23(26)28)15-24-20-12-13-25(17-20)16-18-8-6-5-7-9-18/h5-11,14-15,20H,3-4,12-13,16-17H2,1-2H3. The smallest absolute Gasteiger partial charge is 0.297 e. The number of nitrogens with zero attached hydrogens (tertiary/aromatic N) is 4. The molecule has 146 valence electrons. The van der Waals surface area contributed by atoms with Crippen LogP contribution in [0.1, 0.15) is 31.4 Å². The van der Waals surface area contributed by atoms with Gasteiger partial charge in [-0.25, -0.2) is 4.79 Å². The van der Waals surface area contributed by atoms with Crippen molar-refractivity contribution in [3.8, 4) is 0 Å². The van der Waals surface area contributed by atoms with Crippen LogP contribution in [0.2, 0.25) is 0 Å². The van der Waals surface area contributed by atoms with Gasteiger partial charge in [0.1, 0.15) is 0 Å². The molecule has 4 rings (SSSR count). The van der Waals surface area contributed by atoms with E-state index in [1.807, 2.05) is 35.3 Å². The van der Waals surface area contributed by atoms with Crippen molar-refractivity contribution < 1.29 is 0 Å². The van der Waals surface area contributed by atoms with Gasteiger partial charge >= 0.3 is 5.69 Å². The second kappa shape index (κ2) is 8.15. The van der Waals surface area contributed by atoms with Crippen LogP contribution in [0, 0.1) is 0 Å². The van der Waals surface area contributed by atoms with Crippen LogP contribution in [-0.4, -0.2) is 39.4 Å². The fraction of sp³-hybridized carbons (Fsp3) is 0.391. The van der Waals surface area contributed by atoms with Gasteiger partial charge in [-0.05, 0) is 43.5 Å². The first-order valence-corrected chi connectivity index (χ1v) is 10.2. The summed E-state index contributed by atoms with van der Waals surface area (Å²) >= 11 is 0. The number of hydrogen-bond acceptors (Lipinski definition) is 3. The number of hydrogen-bond donors (Lipinski definition) is 0. The van der Waals surface area contributed by atoms with Crippen molar-refractivity contribution in [2.24, 2.45) is 4.99 Å². The van der Waals surface area contributed by atoms with Gasteiger partial charge in [-0.2, -0.15) is 0 Å². The van der Waals surface area contributed by atoms with Crippen LogP contribution < -0.4 is 5.69 Å². The molecule has 2 heterocycles. The highest BCUT2D eigenvalue weighted by atomic mass is 16.1. The number of aromatic nitrogens is 2. The fourth-order valence-electron chi connectivity index (χ4n) is 4.14. The Balaban J connectivity index is 1.48. The summed E-state index contributed by atoms with van der Waals surface area (Å²) in [6.45, 7) is 8.48. The number of aliphatic imine (C=N–C) groups is 1. The van der Waals surface area contributed by atoms with E-state index in [9.17, 15) is 4.79 Å². The Morgan fingerprint density at radius 1 is 1.04 bits per heavy atom. The molecule has 0 aliphatic carbocycles. The first-order valence-electron chi connectivity index (χ1n) is 10.2. The molecule has 5 nitrogen and oxygen atoms in total. The third-order valence-corrected chi connectivity index (χ3v) is 5.61. The fourth-order valence-corrected chi connectivity index (χ4v) is 4.14. The zero-order valence-corrected chi connectivity index (χ0v) is 16.7. The maximum Gasteiger partial charge on any atom is 0.329 e. The van der Waals surface area contributed by atoms with Crippen molar-refractivity contribution >= 4 is 17.2 Å². The molecule has 1 saturated heterocycles. The van der Waals surface area contributed by atoms with Crippen molar-refractivity contribution in [3.05, 3.63) is 70.1 Å². The van der Waals surface area contributed by atoms with E-state index in [0.717, 1.165) is 42.7 Å². The molecule has 0 bridgehead atoms. The lowest BCUT2D eigenvalue weighted by Gasteiger charge is -2.14. The van der Waals surface area contributed by atoms with Crippen LogP contribution in [0.25, 0.3) is 11.0 Å². The predicted molar refractivity (Wildman–Crippen MR) is 115 cm³/mol. The maximum absolute atomic E-state index is 12.5. The number of fused-ring (bicyclic) bond motifs is 1. The summed E-state index contributed by atoms with van der Waals surface area (Å²) in [5.41, 5.74) is 4.48.